The molecule has 0 amide bonds. The molecule has 2 aromatic carbocycles. The number of nitrogens with zero attached hydrogens (tertiary/aromatic N) is 1. The highest BCUT2D eigenvalue weighted by Crippen LogP contribution is 2.24. The van der Waals surface area contributed by atoms with E-state index >= 15 is 0 Å². The van der Waals surface area contributed by atoms with Crippen LogP contribution in [-0.2, 0) is 10.2 Å². The van der Waals surface area contributed by atoms with Gasteiger partial charge < -0.3 is 4.42 Å². The predicted octanol–water partition coefficient (Wildman–Crippen LogP) is 2.72. The van der Waals surface area contributed by atoms with Crippen LogP contribution in [0.3, 0.4) is 0 Å². The van der Waals surface area contributed by atoms with E-state index in [4.69, 9.17) is 9.56 Å². The molecule has 0 bridgehead atoms. The Balaban J connectivity index is 2.26. The van der Waals surface area contributed by atoms with Gasteiger partial charge in [-0.25, -0.2) is 5.14 Å². The van der Waals surface area contributed by atoms with E-state index in [1.165, 1.54) is 0 Å². The Bertz CT molecular complexity index is 918. The number of hydrogen-bond donors (Lipinski definition) is 1. The highest BCUT2D eigenvalue weighted by atomic mass is 32.2. The van der Waals surface area contributed by atoms with Crippen molar-refractivity contribution in [1.82, 2.24) is 0 Å². The lowest BCUT2D eigenvalue weighted by atomic mass is 10.1. The molecule has 6 heteroatoms. The van der Waals surface area contributed by atoms with Crippen molar-refractivity contribution in [2.75, 3.05) is 0 Å². The first-order valence-electron chi connectivity index (χ1n) is 6.86. The average molecular weight is 326 g/mol. The van der Waals surface area contributed by atoms with Crippen molar-refractivity contribution < 1.29 is 12.8 Å². The zero-order valence-corrected chi connectivity index (χ0v) is 12.9. The molecule has 0 radical (unpaired) electrons. The van der Waals surface area contributed by atoms with E-state index < -0.39 is 10.2 Å². The fourth-order valence-electron chi connectivity index (χ4n) is 2.18. The van der Waals surface area contributed by atoms with Crippen LogP contribution in [0.25, 0.3) is 22.6 Å². The van der Waals surface area contributed by atoms with Crippen LogP contribution in [0.4, 0.5) is 0 Å². The van der Waals surface area contributed by atoms with Crippen LogP contribution in [0.5, 0.6) is 0 Å². The van der Waals surface area contributed by atoms with Crippen LogP contribution in [-0.4, -0.2) is 8.42 Å². The topological polar surface area (TPSA) is 85.7 Å². The number of hydrogen-bond acceptors (Lipinski definition) is 3. The van der Waals surface area contributed by atoms with Crippen molar-refractivity contribution in [3.8, 4) is 22.6 Å². The molecule has 0 saturated heterocycles. The molecule has 1 heterocycles. The van der Waals surface area contributed by atoms with Gasteiger partial charge in [0.15, 0.2) is 0 Å². The second-order valence-corrected chi connectivity index (χ2v) is 6.09. The Labute approximate surface area is 133 Å². The number of nitrogens with two attached hydrogens (primary N) is 1. The minimum Gasteiger partial charge on any atom is -0.456 e. The molecule has 116 valence electrons. The lowest BCUT2D eigenvalue weighted by Gasteiger charge is -2.06. The predicted molar refractivity (Wildman–Crippen MR) is 88.3 cm³/mol. The zero-order valence-electron chi connectivity index (χ0n) is 12.1. The van der Waals surface area contributed by atoms with Crippen molar-refractivity contribution in [1.29, 1.82) is 0 Å². The van der Waals surface area contributed by atoms with Gasteiger partial charge in [0.2, 0.25) is 0 Å². The second kappa shape index (κ2) is 6.20. The summed E-state index contributed by atoms with van der Waals surface area (Å²) in [6.07, 6.45) is 0. The van der Waals surface area contributed by atoms with Crippen molar-refractivity contribution in [2.45, 2.75) is 0 Å². The highest BCUT2D eigenvalue weighted by molar-refractivity contribution is 7.87. The normalized spacial score (nSPS) is 11.2. The monoisotopic (exact) mass is 326 g/mol. The molecule has 5 nitrogen and oxygen atoms in total. The van der Waals surface area contributed by atoms with Gasteiger partial charge in [0.25, 0.3) is 0 Å². The van der Waals surface area contributed by atoms with E-state index in [0.29, 0.717) is 11.5 Å². The van der Waals surface area contributed by atoms with Crippen molar-refractivity contribution in [3.05, 3.63) is 78.2 Å². The van der Waals surface area contributed by atoms with Gasteiger partial charge in [-0.15, -0.1) is 0 Å². The fourth-order valence-corrected chi connectivity index (χ4v) is 2.58. The summed E-state index contributed by atoms with van der Waals surface area (Å²) >= 11 is 0. The van der Waals surface area contributed by atoms with Gasteiger partial charge in [-0.3, -0.25) is 0 Å². The maximum atomic E-state index is 11.3. The van der Waals surface area contributed by atoms with Gasteiger partial charge in [-0.2, -0.15) is 12.8 Å². The number of benzene rings is 2. The summed E-state index contributed by atoms with van der Waals surface area (Å²) in [7, 11) is -3.99. The van der Waals surface area contributed by atoms with Crippen LogP contribution in [0.15, 0.2) is 81.6 Å². The smallest absolute Gasteiger partial charge is 0.317 e. The van der Waals surface area contributed by atoms with Crippen LogP contribution in [0.1, 0.15) is 0 Å². The van der Waals surface area contributed by atoms with E-state index in [-0.39, 0.29) is 5.36 Å². The molecule has 3 aromatic rings. The summed E-state index contributed by atoms with van der Waals surface area (Å²) in [6.45, 7) is 0. The van der Waals surface area contributed by atoms with E-state index in [0.717, 1.165) is 11.1 Å². The summed E-state index contributed by atoms with van der Waals surface area (Å²) in [5.74, 6) is 1.02. The molecular formula is C17H14N2O3S. The Morgan fingerprint density at radius 3 is 1.61 bits per heavy atom. The largest absolute Gasteiger partial charge is 0.456 e. The van der Waals surface area contributed by atoms with Crippen molar-refractivity contribution in [2.24, 2.45) is 9.54 Å². The fraction of sp³-hybridized carbons (Fsp3) is 0. The Morgan fingerprint density at radius 2 is 1.22 bits per heavy atom. The molecule has 3 rings (SSSR count). The SMILES string of the molecule is NS(=O)(=O)N=c1cc(-c2ccccc2)oc(-c2ccccc2)c1. The lowest BCUT2D eigenvalue weighted by molar-refractivity contribution is 0.579. The standard InChI is InChI=1S/C17H14N2O3S/c18-23(20,21)19-15-11-16(13-7-3-1-4-8-13)22-17(12-15)14-9-5-2-6-10-14/h1-12H,(H2,18,20,21). The van der Waals surface area contributed by atoms with Gasteiger partial charge in [0.05, 0.1) is 5.36 Å². The molecule has 0 aliphatic carbocycles. The molecule has 23 heavy (non-hydrogen) atoms. The average Bonchev–Trinajstić information content (AvgIpc) is 2.55. The maximum absolute atomic E-state index is 11.3. The van der Waals surface area contributed by atoms with E-state index in [9.17, 15) is 8.42 Å². The second-order valence-electron chi connectivity index (χ2n) is 4.88. The summed E-state index contributed by atoms with van der Waals surface area (Å²) < 4.78 is 32.0. The third-order valence-electron chi connectivity index (χ3n) is 3.13. The van der Waals surface area contributed by atoms with E-state index in [1.807, 2.05) is 60.7 Å². The molecule has 0 spiro atoms. The third-order valence-corrected chi connectivity index (χ3v) is 3.59. The first kappa shape index (κ1) is 15.2. The first-order chi connectivity index (χ1) is 11.0. The quantitative estimate of drug-likeness (QED) is 0.803. The van der Waals surface area contributed by atoms with Gasteiger partial charge in [-0.1, -0.05) is 60.7 Å². The van der Waals surface area contributed by atoms with Gasteiger partial charge in [-0.05, 0) is 0 Å². The maximum Gasteiger partial charge on any atom is 0.317 e. The molecule has 1 aromatic heterocycles. The third kappa shape index (κ3) is 3.94. The number of rotatable bonds is 3. The summed E-state index contributed by atoms with van der Waals surface area (Å²) in [4.78, 5) is 0. The van der Waals surface area contributed by atoms with Crippen LogP contribution < -0.4 is 10.5 Å². The van der Waals surface area contributed by atoms with Crippen molar-refractivity contribution >= 4 is 10.2 Å². The highest BCUT2D eigenvalue weighted by Gasteiger charge is 2.07. The summed E-state index contributed by atoms with van der Waals surface area (Å²) in [5.41, 5.74) is 1.63. The molecule has 0 saturated carbocycles. The van der Waals surface area contributed by atoms with Gasteiger partial charge in [0, 0.05) is 23.3 Å². The summed E-state index contributed by atoms with van der Waals surface area (Å²) in [6, 6.07) is 21.8. The summed E-state index contributed by atoms with van der Waals surface area (Å²) in [5, 5.41) is 5.24. The zero-order chi connectivity index (χ0) is 16.3. The van der Waals surface area contributed by atoms with Gasteiger partial charge >= 0.3 is 10.2 Å². The molecule has 0 aliphatic heterocycles. The Kier molecular flexibility index (Phi) is 4.10. The van der Waals surface area contributed by atoms with Crippen LogP contribution in [0, 0.1) is 0 Å². The minimum atomic E-state index is -3.99. The lowest BCUT2D eigenvalue weighted by Crippen LogP contribution is -2.14. The first-order valence-corrected chi connectivity index (χ1v) is 8.36. The molecule has 2 N–H and O–H groups in total. The molecule has 0 fully saturated rings. The van der Waals surface area contributed by atoms with Crippen LogP contribution >= 0.6 is 0 Å². The van der Waals surface area contributed by atoms with E-state index in [1.54, 1.807) is 12.1 Å². The molecular weight excluding hydrogens is 312 g/mol. The molecule has 0 aliphatic rings. The molecule has 0 atom stereocenters. The molecule has 0 unspecified atom stereocenters. The van der Waals surface area contributed by atoms with Gasteiger partial charge in [0.1, 0.15) is 11.5 Å². The van der Waals surface area contributed by atoms with Crippen LogP contribution in [0.2, 0.25) is 0 Å². The Morgan fingerprint density at radius 1 is 0.783 bits per heavy atom. The van der Waals surface area contributed by atoms with E-state index in [2.05, 4.69) is 4.40 Å². The Hall–Kier alpha value is -2.70. The minimum absolute atomic E-state index is 0.219. The van der Waals surface area contributed by atoms with Crippen molar-refractivity contribution in [3.63, 3.8) is 0 Å².